The first-order chi connectivity index (χ1) is 14.4. The molecule has 1 atom stereocenters. The number of nitrogens with zero attached hydrogens (tertiary/aromatic N) is 2. The van der Waals surface area contributed by atoms with Gasteiger partial charge in [0, 0.05) is 31.7 Å². The van der Waals surface area contributed by atoms with Gasteiger partial charge in [0.25, 0.3) is 5.91 Å². The van der Waals surface area contributed by atoms with Gasteiger partial charge >= 0.3 is 0 Å². The molecule has 168 valence electrons. The summed E-state index contributed by atoms with van der Waals surface area (Å²) in [6, 6.07) is 6.34. The highest BCUT2D eigenvalue weighted by Gasteiger charge is 2.28. The zero-order chi connectivity index (χ0) is 21.6. The van der Waals surface area contributed by atoms with Crippen molar-refractivity contribution in [1.29, 1.82) is 0 Å². The molecule has 2 aliphatic rings. The number of rotatable bonds is 8. The van der Waals surface area contributed by atoms with Crippen molar-refractivity contribution in [2.24, 2.45) is 11.8 Å². The number of hydrogen-bond donors (Lipinski definition) is 1. The molecule has 1 unspecified atom stereocenters. The Morgan fingerprint density at radius 2 is 1.70 bits per heavy atom. The lowest BCUT2D eigenvalue weighted by Gasteiger charge is -2.30. The molecule has 6 nitrogen and oxygen atoms in total. The van der Waals surface area contributed by atoms with E-state index in [-0.39, 0.29) is 10.8 Å². The Bertz CT molecular complexity index is 786. The normalized spacial score (nSPS) is 22.1. The van der Waals surface area contributed by atoms with Gasteiger partial charge in [0.15, 0.2) is 0 Å². The molecule has 1 aromatic rings. The van der Waals surface area contributed by atoms with Crippen LogP contribution >= 0.6 is 0 Å². The fraction of sp³-hybridized carbons (Fsp3) is 0.696. The van der Waals surface area contributed by atoms with Gasteiger partial charge in [-0.15, -0.1) is 0 Å². The highest BCUT2D eigenvalue weighted by molar-refractivity contribution is 7.89. The number of piperidine rings is 2. The number of likely N-dealkylation sites (tertiary alicyclic amines) is 1. The summed E-state index contributed by atoms with van der Waals surface area (Å²) in [5.41, 5.74) is 0.506. The van der Waals surface area contributed by atoms with Crippen LogP contribution in [-0.2, 0) is 10.0 Å². The molecule has 0 aromatic heterocycles. The van der Waals surface area contributed by atoms with Crippen molar-refractivity contribution >= 4 is 15.9 Å². The summed E-state index contributed by atoms with van der Waals surface area (Å²) in [5, 5.41) is 2.95. The van der Waals surface area contributed by atoms with Crippen LogP contribution in [0.2, 0.25) is 0 Å². The molecule has 0 spiro atoms. The van der Waals surface area contributed by atoms with E-state index in [1.807, 2.05) is 0 Å². The van der Waals surface area contributed by atoms with Crippen molar-refractivity contribution in [1.82, 2.24) is 14.5 Å². The SMILES string of the molecule is CC1CCN(S(=O)(=O)c2ccc(C(=O)NCCCCN3CCCC(C)C3)cc2)CC1. The van der Waals surface area contributed by atoms with Gasteiger partial charge < -0.3 is 10.2 Å². The second-order valence-corrected chi connectivity index (χ2v) is 11.1. The molecule has 1 aromatic carbocycles. The van der Waals surface area contributed by atoms with E-state index in [0.717, 1.165) is 38.1 Å². The molecule has 1 amide bonds. The van der Waals surface area contributed by atoms with Crippen LogP contribution < -0.4 is 5.32 Å². The standard InChI is InChI=1S/C23H37N3O3S/c1-19-11-16-26(17-12-19)30(28,29)22-9-7-21(8-10-22)23(27)24-13-3-4-14-25-15-5-6-20(2)18-25/h7-10,19-20H,3-6,11-18H2,1-2H3,(H,24,27). The third-order valence-electron chi connectivity index (χ3n) is 6.42. The third kappa shape index (κ3) is 6.28. The maximum atomic E-state index is 12.8. The Morgan fingerprint density at radius 3 is 2.37 bits per heavy atom. The Morgan fingerprint density at radius 1 is 1.00 bits per heavy atom. The molecule has 2 saturated heterocycles. The maximum absolute atomic E-state index is 12.8. The molecule has 0 radical (unpaired) electrons. The van der Waals surface area contributed by atoms with E-state index < -0.39 is 10.0 Å². The van der Waals surface area contributed by atoms with Crippen LogP contribution in [-0.4, -0.2) is 62.8 Å². The van der Waals surface area contributed by atoms with Crippen LogP contribution in [0, 0.1) is 11.8 Å². The van der Waals surface area contributed by atoms with Gasteiger partial charge in [-0.25, -0.2) is 8.42 Å². The zero-order valence-electron chi connectivity index (χ0n) is 18.5. The molecular weight excluding hydrogens is 398 g/mol. The summed E-state index contributed by atoms with van der Waals surface area (Å²) >= 11 is 0. The number of unbranched alkanes of at least 4 members (excludes halogenated alkanes) is 1. The molecular formula is C23H37N3O3S. The molecule has 0 saturated carbocycles. The van der Waals surface area contributed by atoms with Gasteiger partial charge in [0.2, 0.25) is 10.0 Å². The van der Waals surface area contributed by atoms with E-state index in [2.05, 4.69) is 24.1 Å². The fourth-order valence-electron chi connectivity index (χ4n) is 4.41. The first kappa shape index (κ1) is 23.2. The number of carbonyl (C=O) groups is 1. The lowest BCUT2D eigenvalue weighted by Crippen LogP contribution is -2.37. The van der Waals surface area contributed by atoms with Crippen molar-refractivity contribution in [2.45, 2.75) is 57.3 Å². The Hall–Kier alpha value is -1.44. The lowest BCUT2D eigenvalue weighted by molar-refractivity contribution is 0.0952. The molecule has 0 aliphatic carbocycles. The van der Waals surface area contributed by atoms with Crippen LogP contribution in [0.3, 0.4) is 0 Å². The van der Waals surface area contributed by atoms with Crippen molar-refractivity contribution < 1.29 is 13.2 Å². The zero-order valence-corrected chi connectivity index (χ0v) is 19.3. The second kappa shape index (κ2) is 10.7. The molecule has 0 bridgehead atoms. The summed E-state index contributed by atoms with van der Waals surface area (Å²) in [6.45, 7) is 9.75. The number of benzene rings is 1. The summed E-state index contributed by atoms with van der Waals surface area (Å²) < 4.78 is 27.1. The van der Waals surface area contributed by atoms with E-state index in [1.54, 1.807) is 28.6 Å². The predicted molar refractivity (Wildman–Crippen MR) is 120 cm³/mol. The number of hydrogen-bond acceptors (Lipinski definition) is 4. The number of carbonyl (C=O) groups excluding carboxylic acids is 1. The minimum Gasteiger partial charge on any atom is -0.352 e. The number of sulfonamides is 1. The lowest BCUT2D eigenvalue weighted by atomic mass is 10.0. The predicted octanol–water partition coefficient (Wildman–Crippen LogP) is 3.35. The highest BCUT2D eigenvalue weighted by Crippen LogP contribution is 2.23. The first-order valence-electron chi connectivity index (χ1n) is 11.5. The van der Waals surface area contributed by atoms with E-state index in [0.29, 0.717) is 31.1 Å². The Labute approximate surface area is 182 Å². The summed E-state index contributed by atoms with van der Waals surface area (Å²) in [5.74, 6) is 1.23. The third-order valence-corrected chi connectivity index (χ3v) is 8.34. The van der Waals surface area contributed by atoms with Crippen LogP contribution in [0.4, 0.5) is 0 Å². The highest BCUT2D eigenvalue weighted by atomic mass is 32.2. The fourth-order valence-corrected chi connectivity index (χ4v) is 5.88. The molecule has 1 N–H and O–H groups in total. The van der Waals surface area contributed by atoms with Gasteiger partial charge in [0.1, 0.15) is 0 Å². The van der Waals surface area contributed by atoms with Crippen molar-refractivity contribution in [3.05, 3.63) is 29.8 Å². The second-order valence-electron chi connectivity index (χ2n) is 9.12. The molecule has 2 heterocycles. The number of nitrogens with one attached hydrogen (secondary N) is 1. The average molecular weight is 436 g/mol. The monoisotopic (exact) mass is 435 g/mol. The van der Waals surface area contributed by atoms with Gasteiger partial charge in [0.05, 0.1) is 4.90 Å². The molecule has 2 fully saturated rings. The van der Waals surface area contributed by atoms with Crippen LogP contribution in [0.15, 0.2) is 29.2 Å². The quantitative estimate of drug-likeness (QED) is 0.636. The first-order valence-corrected chi connectivity index (χ1v) is 12.9. The maximum Gasteiger partial charge on any atom is 0.251 e. The Balaban J connectivity index is 1.42. The minimum atomic E-state index is -3.47. The van der Waals surface area contributed by atoms with Crippen molar-refractivity contribution in [2.75, 3.05) is 39.3 Å². The topological polar surface area (TPSA) is 69.7 Å². The van der Waals surface area contributed by atoms with Crippen LogP contribution in [0.25, 0.3) is 0 Å². The Kier molecular flexibility index (Phi) is 8.31. The average Bonchev–Trinajstić information content (AvgIpc) is 2.74. The van der Waals surface area contributed by atoms with E-state index >= 15 is 0 Å². The minimum absolute atomic E-state index is 0.141. The molecule has 7 heteroatoms. The smallest absolute Gasteiger partial charge is 0.251 e. The van der Waals surface area contributed by atoms with Crippen LogP contribution in [0.5, 0.6) is 0 Å². The van der Waals surface area contributed by atoms with E-state index in [9.17, 15) is 13.2 Å². The van der Waals surface area contributed by atoms with E-state index in [4.69, 9.17) is 0 Å². The van der Waals surface area contributed by atoms with Gasteiger partial charge in [-0.2, -0.15) is 4.31 Å². The molecule has 2 aliphatic heterocycles. The van der Waals surface area contributed by atoms with Crippen molar-refractivity contribution in [3.8, 4) is 0 Å². The number of amides is 1. The summed E-state index contributed by atoms with van der Waals surface area (Å²) in [7, 11) is -3.47. The summed E-state index contributed by atoms with van der Waals surface area (Å²) in [4.78, 5) is 15.2. The van der Waals surface area contributed by atoms with E-state index in [1.165, 1.54) is 25.9 Å². The van der Waals surface area contributed by atoms with Gasteiger partial charge in [-0.05, 0) is 87.7 Å². The van der Waals surface area contributed by atoms with Gasteiger partial charge in [-0.3, -0.25) is 4.79 Å². The largest absolute Gasteiger partial charge is 0.352 e. The molecule has 30 heavy (non-hydrogen) atoms. The summed E-state index contributed by atoms with van der Waals surface area (Å²) in [6.07, 6.45) is 6.46. The van der Waals surface area contributed by atoms with Crippen LogP contribution in [0.1, 0.15) is 62.7 Å². The molecule has 3 rings (SSSR count). The van der Waals surface area contributed by atoms with Gasteiger partial charge in [-0.1, -0.05) is 13.8 Å². The van der Waals surface area contributed by atoms with Crippen molar-refractivity contribution in [3.63, 3.8) is 0 Å².